The minimum atomic E-state index is -0.849. The van der Waals surface area contributed by atoms with E-state index in [1.807, 2.05) is 0 Å². The van der Waals surface area contributed by atoms with Crippen molar-refractivity contribution in [2.45, 2.75) is 29.7 Å². The summed E-state index contributed by atoms with van der Waals surface area (Å²) >= 11 is 5.47. The lowest BCUT2D eigenvalue weighted by Gasteiger charge is -2.31. The van der Waals surface area contributed by atoms with E-state index in [1.54, 1.807) is 74.7 Å². The molecule has 3 heterocycles. The molecule has 0 spiro atoms. The molecule has 226 valence electrons. The molecule has 4 aromatic rings. The number of thioether (sulfide) groups is 1. The van der Waals surface area contributed by atoms with E-state index in [0.717, 1.165) is 27.6 Å². The highest BCUT2D eigenvalue weighted by atomic mass is 79.9. The smallest absolute Gasteiger partial charge is 0.308 e. The van der Waals surface area contributed by atoms with Crippen molar-refractivity contribution in [3.05, 3.63) is 91.3 Å². The Bertz CT molecular complexity index is 1820. The van der Waals surface area contributed by atoms with Crippen LogP contribution in [-0.2, 0) is 20.9 Å². The number of phenols is 1. The Morgan fingerprint density at radius 3 is 2.43 bits per heavy atom. The third kappa shape index (κ3) is 5.39. The van der Waals surface area contributed by atoms with Crippen molar-refractivity contribution in [3.8, 4) is 17.2 Å². The number of hydrogen-bond donors (Lipinski definition) is 2. The number of anilines is 2. The SMILES string of the molecule is CCOc1cc(C2c3sc(=O)n(CC(=O)Nc4ccc(OC)cc4)c3SC3C(=O)N(c4ccc(Br)cc4)C(=O)C32)ccc1O. The minimum absolute atomic E-state index is 0.0659. The predicted molar refractivity (Wildman–Crippen MR) is 171 cm³/mol. The van der Waals surface area contributed by atoms with E-state index in [9.17, 15) is 24.3 Å². The molecule has 0 bridgehead atoms. The maximum atomic E-state index is 14.1. The van der Waals surface area contributed by atoms with Crippen LogP contribution >= 0.6 is 39.0 Å². The van der Waals surface area contributed by atoms with Crippen LogP contribution in [0.1, 0.15) is 23.3 Å². The number of nitrogens with zero attached hydrogens (tertiary/aromatic N) is 2. The second-order valence-electron chi connectivity index (χ2n) is 10.1. The zero-order chi connectivity index (χ0) is 31.1. The monoisotopic (exact) mass is 695 g/mol. The van der Waals surface area contributed by atoms with E-state index in [-0.39, 0.29) is 28.8 Å². The maximum Gasteiger partial charge on any atom is 0.308 e. The Balaban J connectivity index is 1.41. The number of rotatable bonds is 8. The molecule has 10 nitrogen and oxygen atoms in total. The van der Waals surface area contributed by atoms with Crippen LogP contribution in [0.4, 0.5) is 11.4 Å². The second kappa shape index (κ2) is 12.1. The number of ether oxygens (including phenoxy) is 2. The number of methoxy groups -OCH3 is 1. The summed E-state index contributed by atoms with van der Waals surface area (Å²) in [6.07, 6.45) is 0. The number of thiazole rings is 1. The van der Waals surface area contributed by atoms with Gasteiger partial charge in [0.15, 0.2) is 11.5 Å². The van der Waals surface area contributed by atoms with Gasteiger partial charge in [0.05, 0.1) is 30.3 Å². The molecule has 6 rings (SSSR count). The minimum Gasteiger partial charge on any atom is -0.504 e. The molecular formula is C31H26BrN3O7S2. The summed E-state index contributed by atoms with van der Waals surface area (Å²) in [5, 5.41) is 12.8. The Labute approximate surface area is 268 Å². The van der Waals surface area contributed by atoms with Gasteiger partial charge in [0.2, 0.25) is 17.7 Å². The number of carbonyl (C=O) groups excluding carboxylic acids is 3. The summed E-state index contributed by atoms with van der Waals surface area (Å²) in [5.41, 5.74) is 1.59. The Morgan fingerprint density at radius 1 is 1.02 bits per heavy atom. The zero-order valence-electron chi connectivity index (χ0n) is 23.5. The van der Waals surface area contributed by atoms with Gasteiger partial charge in [-0.05, 0) is 73.2 Å². The van der Waals surface area contributed by atoms with E-state index >= 15 is 0 Å². The van der Waals surface area contributed by atoms with Gasteiger partial charge < -0.3 is 19.9 Å². The van der Waals surface area contributed by atoms with Gasteiger partial charge in [-0.2, -0.15) is 0 Å². The van der Waals surface area contributed by atoms with Crippen molar-refractivity contribution in [1.29, 1.82) is 0 Å². The number of halogens is 1. The lowest BCUT2D eigenvalue weighted by molar-refractivity contribution is -0.122. The summed E-state index contributed by atoms with van der Waals surface area (Å²) < 4.78 is 12.9. The van der Waals surface area contributed by atoms with Gasteiger partial charge in [0.25, 0.3) is 0 Å². The molecule has 0 aliphatic carbocycles. The van der Waals surface area contributed by atoms with E-state index in [2.05, 4.69) is 21.2 Å². The largest absolute Gasteiger partial charge is 0.504 e. The van der Waals surface area contributed by atoms with Crippen LogP contribution in [0.3, 0.4) is 0 Å². The van der Waals surface area contributed by atoms with E-state index in [4.69, 9.17) is 9.47 Å². The average Bonchev–Trinajstić information content (AvgIpc) is 3.45. The maximum absolute atomic E-state index is 14.1. The number of carbonyl (C=O) groups is 3. The van der Waals surface area contributed by atoms with Crippen molar-refractivity contribution in [1.82, 2.24) is 4.57 Å². The molecule has 3 aromatic carbocycles. The highest BCUT2D eigenvalue weighted by Gasteiger charge is 2.57. The molecule has 2 aliphatic rings. The van der Waals surface area contributed by atoms with Crippen molar-refractivity contribution in [2.75, 3.05) is 23.9 Å². The van der Waals surface area contributed by atoms with Crippen molar-refractivity contribution in [3.63, 3.8) is 0 Å². The third-order valence-electron chi connectivity index (χ3n) is 7.45. The number of aromatic hydroxyl groups is 1. The fraction of sp³-hybridized carbons (Fsp3) is 0.226. The van der Waals surface area contributed by atoms with Crippen LogP contribution < -0.4 is 24.6 Å². The highest BCUT2D eigenvalue weighted by Crippen LogP contribution is 2.54. The normalized spacial score (nSPS) is 19.0. The van der Waals surface area contributed by atoms with Crippen LogP contribution in [-0.4, -0.2) is 46.4 Å². The fourth-order valence-electron chi connectivity index (χ4n) is 5.47. The van der Waals surface area contributed by atoms with Gasteiger partial charge in [-0.15, -0.1) is 0 Å². The van der Waals surface area contributed by atoms with Crippen LogP contribution in [0, 0.1) is 5.92 Å². The standard InChI is InChI=1S/C31H26BrN3O7S2/c1-3-42-22-14-16(4-13-21(22)36)24-25-26(29(39)35(28(25)38)19-9-5-17(32)6-10-19)43-30-27(24)44-31(40)34(30)15-23(37)33-18-7-11-20(41-2)12-8-18/h4-14,24-26,36H,3,15H2,1-2H3,(H,33,37). The van der Waals surface area contributed by atoms with Crippen molar-refractivity contribution < 1.29 is 29.0 Å². The quantitative estimate of drug-likeness (QED) is 0.240. The van der Waals surface area contributed by atoms with Crippen LogP contribution in [0.25, 0.3) is 0 Å². The molecule has 13 heteroatoms. The first-order valence-corrected chi connectivity index (χ1v) is 16.1. The summed E-state index contributed by atoms with van der Waals surface area (Å²) in [6.45, 7) is 1.80. The van der Waals surface area contributed by atoms with Crippen molar-refractivity contribution >= 4 is 68.1 Å². The number of fused-ring (bicyclic) bond motifs is 2. The Kier molecular flexibility index (Phi) is 8.27. The molecule has 44 heavy (non-hydrogen) atoms. The number of phenolic OH excluding ortho intramolecular Hbond substituents is 1. The van der Waals surface area contributed by atoms with Gasteiger partial charge >= 0.3 is 4.87 Å². The molecule has 3 amide bonds. The first-order valence-electron chi connectivity index (χ1n) is 13.6. The molecule has 1 fully saturated rings. The Morgan fingerprint density at radius 2 is 1.75 bits per heavy atom. The lowest BCUT2D eigenvalue weighted by Crippen LogP contribution is -2.33. The first-order chi connectivity index (χ1) is 21.2. The fourth-order valence-corrected chi connectivity index (χ4v) is 8.51. The Hall–Kier alpha value is -4.07. The second-order valence-corrected chi connectivity index (χ2v) is 13.1. The number of nitrogens with one attached hydrogen (secondary N) is 1. The molecule has 3 unspecified atom stereocenters. The topological polar surface area (TPSA) is 127 Å². The summed E-state index contributed by atoms with van der Waals surface area (Å²) in [5.74, 6) is -1.94. The van der Waals surface area contributed by atoms with Crippen LogP contribution in [0.2, 0.25) is 0 Å². The van der Waals surface area contributed by atoms with Crippen LogP contribution in [0.5, 0.6) is 17.2 Å². The molecule has 2 N–H and O–H groups in total. The van der Waals surface area contributed by atoms with Crippen molar-refractivity contribution in [2.24, 2.45) is 5.92 Å². The molecule has 0 saturated carbocycles. The van der Waals surface area contributed by atoms with Gasteiger partial charge in [-0.25, -0.2) is 4.90 Å². The van der Waals surface area contributed by atoms with Crippen LogP contribution in [0.15, 0.2) is 81.0 Å². The highest BCUT2D eigenvalue weighted by molar-refractivity contribution is 9.10. The molecule has 0 radical (unpaired) electrons. The summed E-state index contributed by atoms with van der Waals surface area (Å²) in [4.78, 5) is 55.9. The first kappa shape index (κ1) is 30.0. The molecular weight excluding hydrogens is 670 g/mol. The number of aromatic nitrogens is 1. The molecule has 2 aliphatic heterocycles. The number of imide groups is 1. The van der Waals surface area contributed by atoms with E-state index in [1.165, 1.54) is 15.5 Å². The van der Waals surface area contributed by atoms with E-state index in [0.29, 0.717) is 39.2 Å². The molecule has 1 aromatic heterocycles. The number of benzene rings is 3. The number of hydrogen-bond acceptors (Lipinski definition) is 9. The molecule has 3 atom stereocenters. The van der Waals surface area contributed by atoms with Gasteiger partial charge in [-0.3, -0.25) is 23.7 Å². The zero-order valence-corrected chi connectivity index (χ0v) is 26.7. The van der Waals surface area contributed by atoms with Gasteiger partial charge in [0, 0.05) is 21.0 Å². The predicted octanol–water partition coefficient (Wildman–Crippen LogP) is 5.22. The third-order valence-corrected chi connectivity index (χ3v) is 10.6. The lowest BCUT2D eigenvalue weighted by atomic mass is 9.83. The van der Waals surface area contributed by atoms with Gasteiger partial charge in [0.1, 0.15) is 17.5 Å². The molecule has 1 saturated heterocycles. The summed E-state index contributed by atoms with van der Waals surface area (Å²) in [7, 11) is 1.55. The average molecular weight is 697 g/mol. The number of amides is 3. The summed E-state index contributed by atoms with van der Waals surface area (Å²) in [6, 6.07) is 18.5. The van der Waals surface area contributed by atoms with Gasteiger partial charge in [-0.1, -0.05) is 45.1 Å². The van der Waals surface area contributed by atoms with E-state index < -0.39 is 28.9 Å².